The number of aliphatic hydroxyl groups is 1. The molecular formula is C20H17N3O2. The summed E-state index contributed by atoms with van der Waals surface area (Å²) in [7, 11) is 0. The summed E-state index contributed by atoms with van der Waals surface area (Å²) < 4.78 is 0. The van der Waals surface area contributed by atoms with Crippen molar-refractivity contribution in [1.82, 2.24) is 15.2 Å². The molecule has 25 heavy (non-hydrogen) atoms. The van der Waals surface area contributed by atoms with Gasteiger partial charge in [0.05, 0.1) is 5.76 Å². The predicted octanol–water partition coefficient (Wildman–Crippen LogP) is 4.08. The Morgan fingerprint density at radius 3 is 2.12 bits per heavy atom. The monoisotopic (exact) mass is 331 g/mol. The molecule has 0 aliphatic heterocycles. The van der Waals surface area contributed by atoms with Crippen LogP contribution in [0.15, 0.2) is 66.4 Å². The van der Waals surface area contributed by atoms with Gasteiger partial charge in [-0.1, -0.05) is 60.7 Å². The molecule has 5 nitrogen and oxygen atoms in total. The molecule has 0 saturated heterocycles. The molecule has 1 heterocycles. The lowest BCUT2D eigenvalue weighted by Gasteiger charge is -2.12. The van der Waals surface area contributed by atoms with Gasteiger partial charge >= 0.3 is 0 Å². The molecule has 2 aromatic carbocycles. The third kappa shape index (κ3) is 3.61. The molecule has 3 aromatic rings. The van der Waals surface area contributed by atoms with Crippen molar-refractivity contribution in [2.45, 2.75) is 13.3 Å². The minimum atomic E-state index is 0.0452. The van der Waals surface area contributed by atoms with Crippen molar-refractivity contribution in [1.29, 1.82) is 0 Å². The van der Waals surface area contributed by atoms with Gasteiger partial charge in [-0.2, -0.15) is 0 Å². The summed E-state index contributed by atoms with van der Waals surface area (Å²) >= 11 is 0. The molecule has 3 rings (SSSR count). The maximum atomic E-state index is 11.1. The molecule has 0 unspecified atom stereocenters. The highest BCUT2D eigenvalue weighted by Gasteiger charge is 2.18. The summed E-state index contributed by atoms with van der Waals surface area (Å²) in [6.45, 7) is 1.54. The van der Waals surface area contributed by atoms with Crippen molar-refractivity contribution in [3.63, 3.8) is 0 Å². The fraction of sp³-hybridized carbons (Fsp3) is 0.100. The van der Waals surface area contributed by atoms with Gasteiger partial charge in [-0.3, -0.25) is 0 Å². The second-order valence-corrected chi connectivity index (χ2v) is 5.50. The number of rotatable bonds is 5. The van der Waals surface area contributed by atoms with E-state index in [0.29, 0.717) is 22.8 Å². The van der Waals surface area contributed by atoms with Crippen LogP contribution in [0.25, 0.3) is 28.2 Å². The van der Waals surface area contributed by atoms with Crippen molar-refractivity contribution in [3.8, 4) is 22.6 Å². The van der Waals surface area contributed by atoms with E-state index in [2.05, 4.69) is 15.2 Å². The quantitative estimate of drug-likeness (QED) is 0.563. The number of hydrogen-bond acceptors (Lipinski definition) is 5. The van der Waals surface area contributed by atoms with E-state index in [1.807, 2.05) is 60.7 Å². The molecule has 5 heteroatoms. The highest BCUT2D eigenvalue weighted by molar-refractivity contribution is 5.83. The zero-order valence-electron chi connectivity index (χ0n) is 13.8. The lowest BCUT2D eigenvalue weighted by Crippen LogP contribution is -2.04. The molecule has 0 aliphatic rings. The highest BCUT2D eigenvalue weighted by Crippen LogP contribution is 2.29. The average Bonchev–Trinajstić information content (AvgIpc) is 2.67. The average molecular weight is 331 g/mol. The molecule has 1 aromatic heterocycles. The van der Waals surface area contributed by atoms with Gasteiger partial charge in [-0.25, -0.2) is 4.98 Å². The Labute approximate surface area is 145 Å². The summed E-state index contributed by atoms with van der Waals surface area (Å²) in [5.74, 6) is 0.490. The van der Waals surface area contributed by atoms with Crippen LogP contribution in [0.4, 0.5) is 0 Å². The molecule has 0 bridgehead atoms. The van der Waals surface area contributed by atoms with E-state index in [9.17, 15) is 9.90 Å². The van der Waals surface area contributed by atoms with Crippen molar-refractivity contribution >= 4 is 11.9 Å². The summed E-state index contributed by atoms with van der Waals surface area (Å²) in [6.07, 6.45) is 0.795. The number of aliphatic hydroxyl groups excluding tert-OH is 1. The van der Waals surface area contributed by atoms with Gasteiger partial charge in [0.15, 0.2) is 5.82 Å². The van der Waals surface area contributed by atoms with Crippen molar-refractivity contribution in [3.05, 3.63) is 72.1 Å². The minimum absolute atomic E-state index is 0.0452. The molecule has 124 valence electrons. The Bertz CT molecular complexity index is 903. The number of benzene rings is 2. The molecule has 0 spiro atoms. The van der Waals surface area contributed by atoms with Crippen LogP contribution in [0.1, 0.15) is 19.0 Å². The lowest BCUT2D eigenvalue weighted by atomic mass is 10.0. The van der Waals surface area contributed by atoms with Gasteiger partial charge in [0.1, 0.15) is 17.7 Å². The number of aromatic nitrogens is 3. The van der Waals surface area contributed by atoms with E-state index < -0.39 is 0 Å². The molecule has 0 saturated carbocycles. The maximum absolute atomic E-state index is 11.1. The van der Waals surface area contributed by atoms with Crippen LogP contribution in [0.5, 0.6) is 0 Å². The Kier molecular flexibility index (Phi) is 4.95. The van der Waals surface area contributed by atoms with Crippen molar-refractivity contribution in [2.24, 2.45) is 0 Å². The topological polar surface area (TPSA) is 76.0 Å². The van der Waals surface area contributed by atoms with Crippen LogP contribution in [0.2, 0.25) is 0 Å². The van der Waals surface area contributed by atoms with Gasteiger partial charge < -0.3 is 9.90 Å². The van der Waals surface area contributed by atoms with E-state index in [1.54, 1.807) is 0 Å². The van der Waals surface area contributed by atoms with E-state index in [4.69, 9.17) is 0 Å². The number of aldehydes is 1. The zero-order chi connectivity index (χ0) is 17.6. The molecule has 1 N–H and O–H groups in total. The first-order valence-electron chi connectivity index (χ1n) is 7.89. The second-order valence-electron chi connectivity index (χ2n) is 5.50. The summed E-state index contributed by atoms with van der Waals surface area (Å²) in [6, 6.07) is 18.9. The fourth-order valence-corrected chi connectivity index (χ4v) is 2.54. The molecule has 0 fully saturated rings. The Balaban J connectivity index is 2.23. The number of carbonyl (C=O) groups is 1. The predicted molar refractivity (Wildman–Crippen MR) is 96.6 cm³/mol. The zero-order valence-corrected chi connectivity index (χ0v) is 13.8. The van der Waals surface area contributed by atoms with Gasteiger partial charge in [0.25, 0.3) is 0 Å². The SMILES string of the molecule is C/C(O)=C(\CC=O)c1nc(-c2ccccc2)nnc1-c1ccccc1. The van der Waals surface area contributed by atoms with Crippen LogP contribution in [-0.4, -0.2) is 26.6 Å². The normalized spacial score (nSPS) is 11.7. The number of allylic oxidation sites excluding steroid dienone is 2. The van der Waals surface area contributed by atoms with Gasteiger partial charge in [0, 0.05) is 23.1 Å². The lowest BCUT2D eigenvalue weighted by molar-refractivity contribution is -0.107. The van der Waals surface area contributed by atoms with E-state index in [0.717, 1.165) is 17.4 Å². The van der Waals surface area contributed by atoms with Gasteiger partial charge in [-0.05, 0) is 6.92 Å². The first-order chi connectivity index (χ1) is 12.2. The van der Waals surface area contributed by atoms with E-state index in [1.165, 1.54) is 6.92 Å². The molecule has 0 atom stereocenters. The number of nitrogens with zero attached hydrogens (tertiary/aromatic N) is 3. The molecule has 0 aliphatic carbocycles. The van der Waals surface area contributed by atoms with Gasteiger partial charge in [0.2, 0.25) is 0 Å². The minimum Gasteiger partial charge on any atom is -0.512 e. The van der Waals surface area contributed by atoms with Gasteiger partial charge in [-0.15, -0.1) is 10.2 Å². The molecule has 0 radical (unpaired) electrons. The standard InChI is InChI=1S/C20H17N3O2/c1-14(25)17(12-13-24)19-18(15-8-4-2-5-9-15)22-23-20(21-19)16-10-6-3-7-11-16/h2-11,13,25H,12H2,1H3/b17-14-. The maximum Gasteiger partial charge on any atom is 0.182 e. The Morgan fingerprint density at radius 1 is 0.960 bits per heavy atom. The second kappa shape index (κ2) is 7.49. The Hall–Kier alpha value is -3.34. The van der Waals surface area contributed by atoms with Crippen LogP contribution in [0.3, 0.4) is 0 Å². The molecular weight excluding hydrogens is 314 g/mol. The summed E-state index contributed by atoms with van der Waals surface area (Å²) in [5, 5.41) is 18.6. The summed E-state index contributed by atoms with van der Waals surface area (Å²) in [4.78, 5) is 15.7. The van der Waals surface area contributed by atoms with E-state index >= 15 is 0 Å². The third-order valence-electron chi connectivity index (χ3n) is 3.78. The summed E-state index contributed by atoms with van der Waals surface area (Å²) in [5.41, 5.74) is 3.08. The third-order valence-corrected chi connectivity index (χ3v) is 3.78. The van der Waals surface area contributed by atoms with Crippen LogP contribution >= 0.6 is 0 Å². The largest absolute Gasteiger partial charge is 0.512 e. The van der Waals surface area contributed by atoms with Crippen LogP contribution in [0, 0.1) is 0 Å². The Morgan fingerprint density at radius 2 is 1.56 bits per heavy atom. The first-order valence-corrected chi connectivity index (χ1v) is 7.89. The highest BCUT2D eigenvalue weighted by atomic mass is 16.3. The first kappa shape index (κ1) is 16.5. The number of carbonyl (C=O) groups excluding carboxylic acids is 1. The van der Waals surface area contributed by atoms with Crippen LogP contribution < -0.4 is 0 Å². The van der Waals surface area contributed by atoms with E-state index in [-0.39, 0.29) is 12.2 Å². The number of hydrogen-bond donors (Lipinski definition) is 1. The molecule has 0 amide bonds. The van der Waals surface area contributed by atoms with Crippen molar-refractivity contribution in [2.75, 3.05) is 0 Å². The van der Waals surface area contributed by atoms with Crippen molar-refractivity contribution < 1.29 is 9.90 Å². The fourth-order valence-electron chi connectivity index (χ4n) is 2.54. The smallest absolute Gasteiger partial charge is 0.182 e. The van der Waals surface area contributed by atoms with Crippen LogP contribution in [-0.2, 0) is 4.79 Å².